The summed E-state index contributed by atoms with van der Waals surface area (Å²) in [5, 5.41) is 0. The van der Waals surface area contributed by atoms with Gasteiger partial charge < -0.3 is 0 Å². The smallest absolute Gasteiger partial charge is 0.178 e. The maximum atomic E-state index is 12.5. The SMILES string of the molecule is O=C1c2ccccc2C(=O)C12CC2c1ccccn1. The molecular formula is C16H11NO2. The molecule has 1 saturated carbocycles. The van der Waals surface area contributed by atoms with Crippen LogP contribution in [-0.4, -0.2) is 16.6 Å². The molecule has 1 fully saturated rings. The van der Waals surface area contributed by atoms with Crippen LogP contribution in [0.25, 0.3) is 0 Å². The van der Waals surface area contributed by atoms with Crippen LogP contribution >= 0.6 is 0 Å². The summed E-state index contributed by atoms with van der Waals surface area (Å²) >= 11 is 0. The Bertz CT molecular complexity index is 671. The fourth-order valence-electron chi connectivity index (χ4n) is 3.17. The van der Waals surface area contributed by atoms with Crippen molar-refractivity contribution in [2.45, 2.75) is 12.3 Å². The number of carbonyl (C=O) groups excluding carboxylic acids is 2. The first-order valence-electron chi connectivity index (χ1n) is 6.35. The standard InChI is InChI=1S/C16H11NO2/c18-14-10-5-1-2-6-11(10)15(19)16(14)9-12(16)13-7-3-4-8-17-13/h1-8,12H,9H2. The Morgan fingerprint density at radius 2 is 1.58 bits per heavy atom. The monoisotopic (exact) mass is 249 g/mol. The molecule has 1 atom stereocenters. The van der Waals surface area contributed by atoms with Gasteiger partial charge in [0.1, 0.15) is 5.41 Å². The van der Waals surface area contributed by atoms with E-state index < -0.39 is 5.41 Å². The predicted octanol–water partition coefficient (Wildman–Crippen LogP) is 2.63. The van der Waals surface area contributed by atoms with Crippen molar-refractivity contribution < 1.29 is 9.59 Å². The first-order valence-corrected chi connectivity index (χ1v) is 6.35. The summed E-state index contributed by atoms with van der Waals surface area (Å²) in [5.41, 5.74) is 1.15. The van der Waals surface area contributed by atoms with Gasteiger partial charge in [-0.25, -0.2) is 0 Å². The zero-order chi connectivity index (χ0) is 13.0. The van der Waals surface area contributed by atoms with Gasteiger partial charge in [-0.3, -0.25) is 14.6 Å². The molecule has 0 amide bonds. The molecule has 0 radical (unpaired) electrons. The van der Waals surface area contributed by atoms with E-state index in [1.165, 1.54) is 0 Å². The number of aromatic nitrogens is 1. The third kappa shape index (κ3) is 1.19. The highest BCUT2D eigenvalue weighted by Crippen LogP contribution is 2.64. The quantitative estimate of drug-likeness (QED) is 0.730. The summed E-state index contributed by atoms with van der Waals surface area (Å²) < 4.78 is 0. The molecule has 19 heavy (non-hydrogen) atoms. The number of carbonyl (C=O) groups is 2. The van der Waals surface area contributed by atoms with Crippen LogP contribution < -0.4 is 0 Å². The van der Waals surface area contributed by atoms with E-state index in [9.17, 15) is 9.59 Å². The highest BCUT2D eigenvalue weighted by Gasteiger charge is 2.69. The molecule has 2 aliphatic rings. The van der Waals surface area contributed by atoms with Crippen molar-refractivity contribution in [1.29, 1.82) is 0 Å². The van der Waals surface area contributed by atoms with Crippen molar-refractivity contribution in [1.82, 2.24) is 4.98 Å². The molecule has 92 valence electrons. The van der Waals surface area contributed by atoms with Gasteiger partial charge in [0.2, 0.25) is 0 Å². The van der Waals surface area contributed by atoms with Crippen LogP contribution in [0.1, 0.15) is 38.7 Å². The average molecular weight is 249 g/mol. The lowest BCUT2D eigenvalue weighted by molar-refractivity contribution is 0.0809. The van der Waals surface area contributed by atoms with E-state index in [4.69, 9.17) is 0 Å². The Morgan fingerprint density at radius 1 is 0.947 bits per heavy atom. The van der Waals surface area contributed by atoms with Gasteiger partial charge in [-0.1, -0.05) is 30.3 Å². The largest absolute Gasteiger partial charge is 0.293 e. The summed E-state index contributed by atoms with van der Waals surface area (Å²) in [6, 6.07) is 12.7. The maximum Gasteiger partial charge on any atom is 0.178 e. The van der Waals surface area contributed by atoms with Gasteiger partial charge in [-0.15, -0.1) is 0 Å². The Balaban J connectivity index is 1.81. The van der Waals surface area contributed by atoms with Crippen molar-refractivity contribution in [3.05, 3.63) is 65.5 Å². The van der Waals surface area contributed by atoms with Crippen LogP contribution in [0.3, 0.4) is 0 Å². The number of benzene rings is 1. The van der Waals surface area contributed by atoms with Crippen LogP contribution in [0.2, 0.25) is 0 Å². The molecule has 1 aromatic heterocycles. The lowest BCUT2D eigenvalue weighted by atomic mass is 9.96. The Morgan fingerprint density at radius 3 is 2.16 bits per heavy atom. The fraction of sp³-hybridized carbons (Fsp3) is 0.188. The van der Waals surface area contributed by atoms with Crippen molar-refractivity contribution in [3.63, 3.8) is 0 Å². The zero-order valence-corrected chi connectivity index (χ0v) is 10.2. The van der Waals surface area contributed by atoms with Crippen LogP contribution in [-0.2, 0) is 0 Å². The van der Waals surface area contributed by atoms with Crippen molar-refractivity contribution in [3.8, 4) is 0 Å². The first-order chi connectivity index (χ1) is 9.25. The Labute approximate surface area is 110 Å². The average Bonchev–Trinajstić information content (AvgIpc) is 3.19. The molecule has 2 aliphatic carbocycles. The van der Waals surface area contributed by atoms with Gasteiger partial charge in [0.25, 0.3) is 0 Å². The zero-order valence-electron chi connectivity index (χ0n) is 10.2. The summed E-state index contributed by atoms with van der Waals surface area (Å²) in [6.45, 7) is 0. The number of ketones is 2. The molecule has 3 nitrogen and oxygen atoms in total. The summed E-state index contributed by atoms with van der Waals surface area (Å²) in [6.07, 6.45) is 2.30. The summed E-state index contributed by atoms with van der Waals surface area (Å²) in [7, 11) is 0. The number of hydrogen-bond donors (Lipinski definition) is 0. The van der Waals surface area contributed by atoms with E-state index in [-0.39, 0.29) is 17.5 Å². The van der Waals surface area contributed by atoms with Crippen LogP contribution in [0.4, 0.5) is 0 Å². The molecule has 2 aromatic rings. The summed E-state index contributed by atoms with van der Waals surface area (Å²) in [4.78, 5) is 29.3. The van der Waals surface area contributed by atoms with Crippen LogP contribution in [0.15, 0.2) is 48.7 Å². The normalized spacial score (nSPS) is 22.6. The van der Waals surface area contributed by atoms with E-state index in [0.717, 1.165) is 5.69 Å². The van der Waals surface area contributed by atoms with Crippen molar-refractivity contribution in [2.75, 3.05) is 0 Å². The topological polar surface area (TPSA) is 47.0 Å². The number of fused-ring (bicyclic) bond motifs is 1. The molecule has 1 unspecified atom stereocenters. The number of pyridine rings is 1. The molecule has 3 heteroatoms. The molecular weight excluding hydrogens is 238 g/mol. The second-order valence-electron chi connectivity index (χ2n) is 5.19. The number of nitrogens with zero attached hydrogens (tertiary/aromatic N) is 1. The van der Waals surface area contributed by atoms with Gasteiger partial charge >= 0.3 is 0 Å². The van der Waals surface area contributed by atoms with Crippen LogP contribution in [0.5, 0.6) is 0 Å². The molecule has 1 spiro atoms. The lowest BCUT2D eigenvalue weighted by Crippen LogP contribution is -2.19. The number of hydrogen-bond acceptors (Lipinski definition) is 3. The molecule has 1 aromatic carbocycles. The lowest BCUT2D eigenvalue weighted by Gasteiger charge is -2.05. The first kappa shape index (κ1) is 10.6. The number of Topliss-reactive ketones (excluding diaryl/α,β-unsaturated/α-hetero) is 2. The number of rotatable bonds is 1. The van der Waals surface area contributed by atoms with E-state index in [1.807, 2.05) is 18.2 Å². The fourth-order valence-corrected chi connectivity index (χ4v) is 3.17. The minimum Gasteiger partial charge on any atom is -0.293 e. The maximum absolute atomic E-state index is 12.5. The third-order valence-electron chi connectivity index (χ3n) is 4.23. The minimum atomic E-state index is -0.849. The van der Waals surface area contributed by atoms with Gasteiger partial charge in [-0.2, -0.15) is 0 Å². The Hall–Kier alpha value is -2.29. The highest BCUT2D eigenvalue weighted by atomic mass is 16.2. The van der Waals surface area contributed by atoms with E-state index in [2.05, 4.69) is 4.98 Å². The molecule has 0 saturated heterocycles. The summed E-state index contributed by atoms with van der Waals surface area (Å²) in [5.74, 6) is -0.103. The van der Waals surface area contributed by atoms with E-state index in [0.29, 0.717) is 17.5 Å². The van der Waals surface area contributed by atoms with Crippen molar-refractivity contribution >= 4 is 11.6 Å². The molecule has 0 bridgehead atoms. The van der Waals surface area contributed by atoms with Gasteiger partial charge in [0.15, 0.2) is 11.6 Å². The second kappa shape index (κ2) is 3.38. The minimum absolute atomic E-state index is 0.0243. The second-order valence-corrected chi connectivity index (χ2v) is 5.19. The Kier molecular flexibility index (Phi) is 1.89. The van der Waals surface area contributed by atoms with Crippen LogP contribution in [0, 0.1) is 5.41 Å². The van der Waals surface area contributed by atoms with Gasteiger partial charge in [-0.05, 0) is 18.6 Å². The van der Waals surface area contributed by atoms with Crippen molar-refractivity contribution in [2.24, 2.45) is 5.41 Å². The highest BCUT2D eigenvalue weighted by molar-refractivity contribution is 6.32. The predicted molar refractivity (Wildman–Crippen MR) is 69.1 cm³/mol. The molecule has 0 N–H and O–H groups in total. The molecule has 1 heterocycles. The van der Waals surface area contributed by atoms with E-state index >= 15 is 0 Å². The van der Waals surface area contributed by atoms with Gasteiger partial charge in [0.05, 0.1) is 0 Å². The third-order valence-corrected chi connectivity index (χ3v) is 4.23. The molecule has 0 aliphatic heterocycles. The van der Waals surface area contributed by atoms with E-state index in [1.54, 1.807) is 30.5 Å². The molecule has 4 rings (SSSR count). The van der Waals surface area contributed by atoms with Gasteiger partial charge in [0, 0.05) is 28.9 Å².